The van der Waals surface area contributed by atoms with Gasteiger partial charge >= 0.3 is 0 Å². The van der Waals surface area contributed by atoms with E-state index in [2.05, 4.69) is 6.92 Å². The first-order chi connectivity index (χ1) is 13.1. The highest BCUT2D eigenvalue weighted by Gasteiger charge is 2.28. The molecule has 0 bridgehead atoms. The molecule has 0 fully saturated rings. The quantitative estimate of drug-likeness (QED) is 0.123. The zero-order valence-corrected chi connectivity index (χ0v) is 17.2. The molecule has 0 aromatic rings. The predicted molar refractivity (Wildman–Crippen MR) is 111 cm³/mol. The Labute approximate surface area is 165 Å². The fourth-order valence-electron chi connectivity index (χ4n) is 3.40. The number of nitro groups is 1. The first kappa shape index (κ1) is 25.8. The van der Waals surface area contributed by atoms with Gasteiger partial charge in [0.25, 0.3) is 0 Å². The minimum Gasteiger partial charge on any atom is -0.386 e. The van der Waals surface area contributed by atoms with Crippen LogP contribution in [0.3, 0.4) is 0 Å². The van der Waals surface area contributed by atoms with Crippen LogP contribution in [0.15, 0.2) is 12.2 Å². The molecule has 0 saturated carbocycles. The number of aliphatic hydroxyl groups excluding tert-OH is 1. The van der Waals surface area contributed by atoms with Crippen LogP contribution in [0.2, 0.25) is 0 Å². The SMILES string of the molecule is CCCCCCCCC(C(O)CCCCCCCCC/C=C/[C]=O)[N+](=O)[O-]. The van der Waals surface area contributed by atoms with E-state index in [4.69, 9.17) is 0 Å². The van der Waals surface area contributed by atoms with E-state index in [1.165, 1.54) is 31.8 Å². The molecule has 0 saturated heterocycles. The summed E-state index contributed by atoms with van der Waals surface area (Å²) in [5.41, 5.74) is 0. The molecule has 0 heterocycles. The van der Waals surface area contributed by atoms with Crippen LogP contribution >= 0.6 is 0 Å². The van der Waals surface area contributed by atoms with Crippen LogP contribution < -0.4 is 0 Å². The topological polar surface area (TPSA) is 80.4 Å². The number of aliphatic hydroxyl groups is 1. The summed E-state index contributed by atoms with van der Waals surface area (Å²) in [5.74, 6) is 0. The van der Waals surface area contributed by atoms with Gasteiger partial charge in [0.2, 0.25) is 12.3 Å². The van der Waals surface area contributed by atoms with E-state index in [1.54, 1.807) is 6.29 Å². The van der Waals surface area contributed by atoms with Crippen molar-refractivity contribution in [1.29, 1.82) is 0 Å². The lowest BCUT2D eigenvalue weighted by Crippen LogP contribution is -2.33. The third kappa shape index (κ3) is 16.7. The lowest BCUT2D eigenvalue weighted by Gasteiger charge is -2.16. The van der Waals surface area contributed by atoms with Crippen LogP contribution in [0.5, 0.6) is 0 Å². The van der Waals surface area contributed by atoms with Gasteiger partial charge in [0.05, 0.1) is 0 Å². The normalized spacial score (nSPS) is 13.7. The van der Waals surface area contributed by atoms with Crippen molar-refractivity contribution in [2.24, 2.45) is 0 Å². The third-order valence-electron chi connectivity index (χ3n) is 5.12. The average Bonchev–Trinajstić information content (AvgIpc) is 2.65. The second-order valence-corrected chi connectivity index (χ2v) is 7.55. The molecule has 157 valence electrons. The van der Waals surface area contributed by atoms with Crippen LogP contribution in [-0.2, 0) is 4.79 Å². The Hall–Kier alpha value is -1.23. The van der Waals surface area contributed by atoms with Gasteiger partial charge in [0.15, 0.2) is 0 Å². The number of hydrogen-bond acceptors (Lipinski definition) is 4. The molecule has 0 aromatic heterocycles. The van der Waals surface area contributed by atoms with Crippen LogP contribution in [0, 0.1) is 10.1 Å². The van der Waals surface area contributed by atoms with E-state index < -0.39 is 12.1 Å². The second kappa shape index (κ2) is 19.5. The van der Waals surface area contributed by atoms with E-state index in [0.717, 1.165) is 64.2 Å². The Morgan fingerprint density at radius 1 is 0.889 bits per heavy atom. The van der Waals surface area contributed by atoms with Crippen molar-refractivity contribution in [3.05, 3.63) is 22.3 Å². The average molecular weight is 383 g/mol. The first-order valence-corrected chi connectivity index (χ1v) is 11.0. The van der Waals surface area contributed by atoms with Gasteiger partial charge in [-0.3, -0.25) is 14.9 Å². The van der Waals surface area contributed by atoms with Crippen molar-refractivity contribution >= 4 is 6.29 Å². The molecule has 5 nitrogen and oxygen atoms in total. The number of unbranched alkanes of at least 4 members (excludes halogenated alkanes) is 12. The molecule has 0 aliphatic heterocycles. The van der Waals surface area contributed by atoms with E-state index in [0.29, 0.717) is 12.8 Å². The summed E-state index contributed by atoms with van der Waals surface area (Å²) in [5, 5.41) is 21.4. The molecule has 2 atom stereocenters. The monoisotopic (exact) mass is 382 g/mol. The van der Waals surface area contributed by atoms with Crippen molar-refractivity contribution < 1.29 is 14.8 Å². The summed E-state index contributed by atoms with van der Waals surface area (Å²) in [7, 11) is 0. The number of hydrogen-bond donors (Lipinski definition) is 1. The molecular weight excluding hydrogens is 342 g/mol. The first-order valence-electron chi connectivity index (χ1n) is 11.0. The number of rotatable bonds is 20. The lowest BCUT2D eigenvalue weighted by atomic mass is 9.98. The number of allylic oxidation sites excluding steroid dienone is 2. The van der Waals surface area contributed by atoms with Crippen LogP contribution in [0.25, 0.3) is 0 Å². The zero-order valence-electron chi connectivity index (χ0n) is 17.2. The summed E-state index contributed by atoms with van der Waals surface area (Å²) in [6.07, 6.45) is 20.4. The smallest absolute Gasteiger partial charge is 0.238 e. The maximum atomic E-state index is 11.2. The molecule has 0 rings (SSSR count). The molecule has 0 aromatic carbocycles. The fourth-order valence-corrected chi connectivity index (χ4v) is 3.40. The Balaban J connectivity index is 3.67. The summed E-state index contributed by atoms with van der Waals surface area (Å²) in [4.78, 5) is 20.9. The van der Waals surface area contributed by atoms with E-state index in [-0.39, 0.29) is 4.92 Å². The lowest BCUT2D eigenvalue weighted by molar-refractivity contribution is -0.535. The fraction of sp³-hybridized carbons (Fsp3) is 0.864. The minimum absolute atomic E-state index is 0.284. The zero-order chi connectivity index (χ0) is 20.2. The van der Waals surface area contributed by atoms with E-state index >= 15 is 0 Å². The van der Waals surface area contributed by atoms with Crippen molar-refractivity contribution in [3.63, 3.8) is 0 Å². The summed E-state index contributed by atoms with van der Waals surface area (Å²) in [6.45, 7) is 2.17. The molecular formula is C22H40NO4. The van der Waals surface area contributed by atoms with Crippen LogP contribution in [-0.4, -0.2) is 28.5 Å². The Morgan fingerprint density at radius 2 is 1.41 bits per heavy atom. The van der Waals surface area contributed by atoms with E-state index in [1.807, 2.05) is 6.08 Å². The van der Waals surface area contributed by atoms with Crippen molar-refractivity contribution in [2.45, 2.75) is 122 Å². The van der Waals surface area contributed by atoms with Gasteiger partial charge in [-0.15, -0.1) is 0 Å². The molecule has 27 heavy (non-hydrogen) atoms. The van der Waals surface area contributed by atoms with Gasteiger partial charge < -0.3 is 5.11 Å². The van der Waals surface area contributed by atoms with Gasteiger partial charge in [-0.2, -0.15) is 0 Å². The molecule has 1 N–H and O–H groups in total. The summed E-state index contributed by atoms with van der Waals surface area (Å²) < 4.78 is 0. The third-order valence-corrected chi connectivity index (χ3v) is 5.12. The Kier molecular flexibility index (Phi) is 18.6. The molecule has 1 radical (unpaired) electrons. The maximum absolute atomic E-state index is 11.2. The largest absolute Gasteiger partial charge is 0.386 e. The minimum atomic E-state index is -0.808. The molecule has 2 unspecified atom stereocenters. The predicted octanol–water partition coefficient (Wildman–Crippen LogP) is 5.92. The molecule has 0 aliphatic rings. The van der Waals surface area contributed by atoms with Gasteiger partial charge in [-0.05, 0) is 31.8 Å². The van der Waals surface area contributed by atoms with Crippen molar-refractivity contribution in [3.8, 4) is 0 Å². The Bertz CT molecular complexity index is 385. The highest BCUT2D eigenvalue weighted by atomic mass is 16.6. The number of carbonyl (C=O) groups excluding carboxylic acids is 1. The number of nitrogens with zero attached hydrogens (tertiary/aromatic N) is 1. The van der Waals surface area contributed by atoms with Crippen LogP contribution in [0.4, 0.5) is 0 Å². The highest BCUT2D eigenvalue weighted by molar-refractivity contribution is 5.65. The van der Waals surface area contributed by atoms with Gasteiger partial charge in [-0.25, -0.2) is 0 Å². The summed E-state index contributed by atoms with van der Waals surface area (Å²) >= 11 is 0. The highest BCUT2D eigenvalue weighted by Crippen LogP contribution is 2.17. The van der Waals surface area contributed by atoms with Gasteiger partial charge in [0.1, 0.15) is 6.10 Å². The van der Waals surface area contributed by atoms with Crippen molar-refractivity contribution in [2.75, 3.05) is 0 Å². The van der Waals surface area contributed by atoms with Crippen LogP contribution in [0.1, 0.15) is 110 Å². The van der Waals surface area contributed by atoms with Crippen molar-refractivity contribution in [1.82, 2.24) is 0 Å². The second-order valence-electron chi connectivity index (χ2n) is 7.55. The maximum Gasteiger partial charge on any atom is 0.238 e. The molecule has 5 heteroatoms. The van der Waals surface area contributed by atoms with Gasteiger partial charge in [0, 0.05) is 11.3 Å². The molecule has 0 amide bonds. The molecule has 0 aliphatic carbocycles. The van der Waals surface area contributed by atoms with Gasteiger partial charge in [-0.1, -0.05) is 83.6 Å². The Morgan fingerprint density at radius 3 is 1.96 bits per heavy atom. The summed E-state index contributed by atoms with van der Waals surface area (Å²) in [6, 6.07) is -0.798. The standard InChI is InChI=1S/C22H40NO4/c1-2-3-4-5-12-15-18-21(23(26)27)22(25)19-16-13-10-8-6-7-9-11-14-17-20-24/h14,17,21-22,25H,2-13,15-16,18-19H2,1H3/b17-14+. The molecule has 0 spiro atoms. The van der Waals surface area contributed by atoms with E-state index in [9.17, 15) is 20.0 Å².